The first-order valence-corrected chi connectivity index (χ1v) is 4.68. The van der Waals surface area contributed by atoms with Crippen LogP contribution in [0.2, 0.25) is 0 Å². The number of carbonyl (C=O) groups is 1. The molecule has 0 spiro atoms. The molecule has 4 atom stereocenters. The Morgan fingerprint density at radius 3 is 1.36 bits per heavy atom. The van der Waals surface area contributed by atoms with Crippen molar-refractivity contribution in [3.8, 4) is 0 Å². The summed E-state index contributed by atoms with van der Waals surface area (Å²) in [5, 5.41) is 36.0. The minimum atomic E-state index is -0.644. The molecule has 4 N–H and O–H groups in total. The van der Waals surface area contributed by atoms with Crippen molar-refractivity contribution in [1.82, 2.24) is 0 Å². The van der Waals surface area contributed by atoms with Gasteiger partial charge < -0.3 is 20.4 Å². The zero-order chi connectivity index (χ0) is 10.7. The maximum Gasteiger partial charge on any atom is 0.144 e. The third-order valence-corrected chi connectivity index (χ3v) is 3.13. The number of ketones is 1. The first-order chi connectivity index (χ1) is 6.71. The maximum atomic E-state index is 11.6. The Balaban J connectivity index is 2.87. The summed E-state index contributed by atoms with van der Waals surface area (Å²) in [4.78, 5) is 11.6. The van der Waals surface area contributed by atoms with E-state index in [0.717, 1.165) is 0 Å². The van der Waals surface area contributed by atoms with Crippen LogP contribution >= 0.6 is 0 Å². The van der Waals surface area contributed by atoms with Crippen LogP contribution in [0.3, 0.4) is 0 Å². The van der Waals surface area contributed by atoms with Crippen molar-refractivity contribution in [2.75, 3.05) is 26.4 Å². The average molecular weight is 204 g/mol. The van der Waals surface area contributed by atoms with Crippen LogP contribution in [-0.4, -0.2) is 52.6 Å². The molecule has 0 heterocycles. The molecule has 0 aliphatic heterocycles. The summed E-state index contributed by atoms with van der Waals surface area (Å²) in [6.45, 7) is -1.18. The smallest absolute Gasteiger partial charge is 0.144 e. The third kappa shape index (κ3) is 1.68. The molecule has 14 heavy (non-hydrogen) atoms. The van der Waals surface area contributed by atoms with Gasteiger partial charge in [0.25, 0.3) is 0 Å². The highest BCUT2D eigenvalue weighted by Gasteiger charge is 2.48. The van der Waals surface area contributed by atoms with Gasteiger partial charge in [0, 0.05) is 25.0 Å². The van der Waals surface area contributed by atoms with Crippen LogP contribution in [0.4, 0.5) is 0 Å². The van der Waals surface area contributed by atoms with Gasteiger partial charge in [0.1, 0.15) is 5.78 Å². The maximum absolute atomic E-state index is 11.6. The van der Waals surface area contributed by atoms with Gasteiger partial charge in [0.15, 0.2) is 0 Å². The Labute approximate surface area is 82.0 Å². The Morgan fingerprint density at radius 2 is 1.14 bits per heavy atom. The molecule has 1 fully saturated rings. The summed E-state index contributed by atoms with van der Waals surface area (Å²) in [5.41, 5.74) is 0. The largest absolute Gasteiger partial charge is 0.396 e. The molecule has 5 heteroatoms. The quantitative estimate of drug-likeness (QED) is 0.425. The second-order valence-electron chi connectivity index (χ2n) is 3.67. The van der Waals surface area contributed by atoms with E-state index < -0.39 is 23.7 Å². The zero-order valence-electron chi connectivity index (χ0n) is 7.83. The molecule has 0 aromatic carbocycles. The lowest BCUT2D eigenvalue weighted by Crippen LogP contribution is -2.26. The van der Waals surface area contributed by atoms with Crippen molar-refractivity contribution in [2.24, 2.45) is 23.7 Å². The molecule has 0 amide bonds. The molecule has 0 aromatic rings. The number of carbonyl (C=O) groups excluding carboxylic acids is 1. The van der Waals surface area contributed by atoms with Gasteiger partial charge in [-0.05, 0) is 11.8 Å². The molecule has 82 valence electrons. The van der Waals surface area contributed by atoms with E-state index in [1.165, 1.54) is 0 Å². The molecule has 0 aromatic heterocycles. The number of hydrogen-bond donors (Lipinski definition) is 4. The van der Waals surface area contributed by atoms with Crippen LogP contribution in [0.1, 0.15) is 0 Å². The van der Waals surface area contributed by atoms with Crippen molar-refractivity contribution in [2.45, 2.75) is 0 Å². The highest BCUT2D eigenvalue weighted by molar-refractivity contribution is 5.86. The molecule has 5 nitrogen and oxygen atoms in total. The number of hydrogen-bond acceptors (Lipinski definition) is 5. The number of rotatable bonds is 4. The standard InChI is InChI=1S/C9H16O5/c10-1-5-6(2-11)8(4-13)9(14)7(5)3-12/h5-8,10-13H,1-4H2/t5-,6+,7-,8+. The molecule has 1 aliphatic carbocycles. The summed E-state index contributed by atoms with van der Waals surface area (Å²) < 4.78 is 0. The van der Waals surface area contributed by atoms with E-state index in [9.17, 15) is 4.79 Å². The monoisotopic (exact) mass is 204 g/mol. The SMILES string of the molecule is O=C1[C@@H](CO)[C@@H](CO)[C@@H](CO)[C@H]1CO. The molecule has 1 aliphatic rings. The van der Waals surface area contributed by atoms with Gasteiger partial charge in [-0.2, -0.15) is 0 Å². The van der Waals surface area contributed by atoms with Crippen molar-refractivity contribution < 1.29 is 25.2 Å². The fourth-order valence-electron chi connectivity index (χ4n) is 2.27. The Morgan fingerprint density at radius 1 is 0.786 bits per heavy atom. The molecule has 1 rings (SSSR count). The lowest BCUT2D eigenvalue weighted by Gasteiger charge is -2.20. The lowest BCUT2D eigenvalue weighted by molar-refractivity contribution is -0.126. The minimum Gasteiger partial charge on any atom is -0.396 e. The van der Waals surface area contributed by atoms with Gasteiger partial charge >= 0.3 is 0 Å². The minimum absolute atomic E-state index is 0.251. The van der Waals surface area contributed by atoms with Gasteiger partial charge in [0.2, 0.25) is 0 Å². The summed E-state index contributed by atoms with van der Waals surface area (Å²) in [6, 6.07) is 0. The molecule has 0 radical (unpaired) electrons. The highest BCUT2D eigenvalue weighted by Crippen LogP contribution is 2.37. The van der Waals surface area contributed by atoms with Crippen molar-refractivity contribution in [3.05, 3.63) is 0 Å². The fraction of sp³-hybridized carbons (Fsp3) is 0.889. The van der Waals surface area contributed by atoms with Gasteiger partial charge in [-0.3, -0.25) is 4.79 Å². The molecular weight excluding hydrogens is 188 g/mol. The summed E-state index contributed by atoms with van der Waals surface area (Å²) in [5.74, 6) is -2.42. The molecule has 1 saturated carbocycles. The third-order valence-electron chi connectivity index (χ3n) is 3.13. The molecule has 0 saturated heterocycles. The van der Waals surface area contributed by atoms with Gasteiger partial charge in [-0.1, -0.05) is 0 Å². The van der Waals surface area contributed by atoms with E-state index in [2.05, 4.69) is 0 Å². The van der Waals surface area contributed by atoms with Crippen molar-refractivity contribution in [1.29, 1.82) is 0 Å². The van der Waals surface area contributed by atoms with Crippen molar-refractivity contribution in [3.63, 3.8) is 0 Å². The van der Waals surface area contributed by atoms with E-state index in [0.29, 0.717) is 0 Å². The Hall–Kier alpha value is -0.490. The number of Topliss-reactive ketones (excluding diaryl/α,β-unsaturated/α-hetero) is 1. The van der Waals surface area contributed by atoms with Crippen LogP contribution in [0, 0.1) is 23.7 Å². The number of aliphatic hydroxyl groups is 4. The lowest BCUT2D eigenvalue weighted by atomic mass is 9.88. The van der Waals surface area contributed by atoms with Gasteiger partial charge in [-0.25, -0.2) is 0 Å². The number of aliphatic hydroxyl groups excluding tert-OH is 4. The van der Waals surface area contributed by atoms with Crippen LogP contribution in [-0.2, 0) is 4.79 Å². The van der Waals surface area contributed by atoms with E-state index in [1.54, 1.807) is 0 Å². The predicted octanol–water partition coefficient (Wildman–Crippen LogP) is -2.00. The van der Waals surface area contributed by atoms with Crippen LogP contribution in [0.5, 0.6) is 0 Å². The first-order valence-electron chi connectivity index (χ1n) is 4.68. The van der Waals surface area contributed by atoms with Crippen LogP contribution in [0.15, 0.2) is 0 Å². The van der Waals surface area contributed by atoms with E-state index in [1.807, 2.05) is 0 Å². The zero-order valence-corrected chi connectivity index (χ0v) is 7.83. The summed E-state index contributed by atoms with van der Waals surface area (Å²) in [7, 11) is 0. The van der Waals surface area contributed by atoms with Gasteiger partial charge in [0.05, 0.1) is 13.2 Å². The predicted molar refractivity (Wildman–Crippen MR) is 47.3 cm³/mol. The topological polar surface area (TPSA) is 98.0 Å². The molecule has 0 bridgehead atoms. The van der Waals surface area contributed by atoms with Gasteiger partial charge in [-0.15, -0.1) is 0 Å². The highest BCUT2D eigenvalue weighted by atomic mass is 16.3. The Bertz CT molecular complexity index is 185. The van der Waals surface area contributed by atoms with E-state index >= 15 is 0 Å². The summed E-state index contributed by atoms with van der Waals surface area (Å²) in [6.07, 6.45) is 0. The van der Waals surface area contributed by atoms with E-state index in [4.69, 9.17) is 20.4 Å². The normalized spacial score (nSPS) is 37.9. The second kappa shape index (κ2) is 4.84. The fourth-order valence-corrected chi connectivity index (χ4v) is 2.27. The van der Waals surface area contributed by atoms with E-state index in [-0.39, 0.29) is 32.2 Å². The van der Waals surface area contributed by atoms with Crippen LogP contribution < -0.4 is 0 Å². The van der Waals surface area contributed by atoms with Crippen LogP contribution in [0.25, 0.3) is 0 Å². The second-order valence-corrected chi connectivity index (χ2v) is 3.67. The average Bonchev–Trinajstić information content (AvgIpc) is 2.48. The van der Waals surface area contributed by atoms with Crippen molar-refractivity contribution >= 4 is 5.78 Å². The summed E-state index contributed by atoms with van der Waals surface area (Å²) >= 11 is 0. The molecular formula is C9H16O5. The Kier molecular flexibility index (Phi) is 4.00. The molecule has 0 unspecified atom stereocenters. The first kappa shape index (κ1) is 11.6.